The number of imidazole rings is 2. The Hall–Kier alpha value is -6.59. The molecule has 0 unspecified atom stereocenters. The average molecular weight is 614 g/mol. The van der Waals surface area contributed by atoms with Gasteiger partial charge in [0.25, 0.3) is 0 Å². The zero-order chi connectivity index (χ0) is 31.3. The van der Waals surface area contributed by atoms with Crippen molar-refractivity contribution < 1.29 is 0 Å². The molecule has 224 valence electrons. The molecule has 4 aromatic heterocycles. The highest BCUT2D eigenvalue weighted by molar-refractivity contribution is 6.18. The van der Waals surface area contributed by atoms with Gasteiger partial charge >= 0.3 is 0 Å². The SMILES string of the molecule is c1ccc(-n2c3ccccc3n3c4ccc5c6ccccc6n(-c6cccc(-n7c8ccccc8c8ccccc87)c6)c5c4nc23)cc1. The van der Waals surface area contributed by atoms with Gasteiger partial charge in [-0.25, -0.2) is 4.98 Å². The molecular formula is C43H27N5. The minimum Gasteiger partial charge on any atom is -0.309 e. The number of hydrogen-bond acceptors (Lipinski definition) is 1. The van der Waals surface area contributed by atoms with E-state index in [0.29, 0.717) is 0 Å². The van der Waals surface area contributed by atoms with Gasteiger partial charge in [-0.3, -0.25) is 8.97 Å². The van der Waals surface area contributed by atoms with Gasteiger partial charge in [-0.2, -0.15) is 0 Å². The number of aromatic nitrogens is 5. The highest BCUT2D eigenvalue weighted by atomic mass is 15.2. The Kier molecular flexibility index (Phi) is 5.05. The van der Waals surface area contributed by atoms with Crippen molar-refractivity contribution in [1.29, 1.82) is 0 Å². The molecule has 4 heterocycles. The van der Waals surface area contributed by atoms with Crippen LogP contribution >= 0.6 is 0 Å². The maximum absolute atomic E-state index is 5.49. The van der Waals surface area contributed by atoms with Gasteiger partial charge in [0.15, 0.2) is 0 Å². The first-order valence-electron chi connectivity index (χ1n) is 16.3. The van der Waals surface area contributed by atoms with Crippen LogP contribution in [0, 0.1) is 0 Å². The van der Waals surface area contributed by atoms with Gasteiger partial charge in [-0.1, -0.05) is 91.0 Å². The minimum absolute atomic E-state index is 0.903. The van der Waals surface area contributed by atoms with E-state index in [4.69, 9.17) is 4.98 Å². The van der Waals surface area contributed by atoms with Gasteiger partial charge in [0.1, 0.15) is 5.52 Å². The molecule has 0 atom stereocenters. The quantitative estimate of drug-likeness (QED) is 0.195. The predicted octanol–water partition coefficient (Wildman–Crippen LogP) is 10.6. The lowest BCUT2D eigenvalue weighted by Gasteiger charge is -2.13. The normalized spacial score (nSPS) is 12.2. The van der Waals surface area contributed by atoms with Crippen LogP contribution in [0.2, 0.25) is 0 Å². The third kappa shape index (κ3) is 3.32. The summed E-state index contributed by atoms with van der Waals surface area (Å²) in [6.45, 7) is 0. The van der Waals surface area contributed by atoms with E-state index in [0.717, 1.165) is 55.9 Å². The lowest BCUT2D eigenvalue weighted by molar-refractivity contribution is 1.11. The third-order valence-corrected chi connectivity index (χ3v) is 9.95. The Morgan fingerprint density at radius 2 is 0.854 bits per heavy atom. The maximum atomic E-state index is 5.49. The molecular weight excluding hydrogens is 587 g/mol. The fraction of sp³-hybridized carbons (Fsp3) is 0. The highest BCUT2D eigenvalue weighted by Gasteiger charge is 2.22. The van der Waals surface area contributed by atoms with E-state index in [1.165, 1.54) is 32.6 Å². The predicted molar refractivity (Wildman–Crippen MR) is 198 cm³/mol. The number of para-hydroxylation sites is 6. The van der Waals surface area contributed by atoms with Gasteiger partial charge in [-0.05, 0) is 72.8 Å². The van der Waals surface area contributed by atoms with E-state index >= 15 is 0 Å². The molecule has 0 aliphatic carbocycles. The van der Waals surface area contributed by atoms with E-state index in [-0.39, 0.29) is 0 Å². The topological polar surface area (TPSA) is 32.1 Å². The van der Waals surface area contributed by atoms with Crippen LogP contribution in [0.3, 0.4) is 0 Å². The van der Waals surface area contributed by atoms with Gasteiger partial charge in [0.2, 0.25) is 5.78 Å². The van der Waals surface area contributed by atoms with Crippen LogP contribution in [0.25, 0.3) is 88.5 Å². The zero-order valence-electron chi connectivity index (χ0n) is 25.8. The van der Waals surface area contributed by atoms with Crippen molar-refractivity contribution in [3.05, 3.63) is 164 Å². The molecule has 0 fully saturated rings. The summed E-state index contributed by atoms with van der Waals surface area (Å²) in [5.74, 6) is 0.903. The Morgan fingerprint density at radius 1 is 0.333 bits per heavy atom. The molecule has 0 N–H and O–H groups in total. The molecule has 0 saturated carbocycles. The van der Waals surface area contributed by atoms with Crippen molar-refractivity contribution in [2.75, 3.05) is 0 Å². The Labute approximate surface area is 274 Å². The van der Waals surface area contributed by atoms with Crippen molar-refractivity contribution >= 4 is 71.5 Å². The fourth-order valence-corrected chi connectivity index (χ4v) is 7.99. The highest BCUT2D eigenvalue weighted by Crippen LogP contribution is 2.39. The van der Waals surface area contributed by atoms with Gasteiger partial charge < -0.3 is 9.13 Å². The van der Waals surface area contributed by atoms with Crippen molar-refractivity contribution in [2.24, 2.45) is 0 Å². The molecule has 0 bridgehead atoms. The van der Waals surface area contributed by atoms with Crippen LogP contribution < -0.4 is 0 Å². The van der Waals surface area contributed by atoms with Gasteiger partial charge in [0, 0.05) is 38.6 Å². The molecule has 5 heteroatoms. The standard InChI is InChI=1S/C43H27N5/c1-2-13-28(14-3-1)47-38-23-10-11-24-39(38)48-40-26-25-34-33-19-6-9-22-37(33)46(42(34)41(40)44-43(47)48)30-16-12-15-29(27-30)45-35-20-7-4-17-31(35)32-18-5-8-21-36(32)45/h1-27H. The average Bonchev–Trinajstić information content (AvgIpc) is 3.88. The van der Waals surface area contributed by atoms with Crippen LogP contribution in [-0.2, 0) is 0 Å². The lowest BCUT2D eigenvalue weighted by atomic mass is 10.1. The summed E-state index contributed by atoms with van der Waals surface area (Å²) in [4.78, 5) is 5.49. The molecule has 7 aromatic carbocycles. The summed E-state index contributed by atoms with van der Waals surface area (Å²) in [6, 6.07) is 58.6. The number of hydrogen-bond donors (Lipinski definition) is 0. The van der Waals surface area contributed by atoms with Crippen LogP contribution in [0.1, 0.15) is 0 Å². The van der Waals surface area contributed by atoms with Crippen LogP contribution in [0.4, 0.5) is 0 Å². The monoisotopic (exact) mass is 613 g/mol. The Morgan fingerprint density at radius 3 is 1.54 bits per heavy atom. The van der Waals surface area contributed by atoms with Crippen molar-refractivity contribution in [1.82, 2.24) is 23.1 Å². The fourth-order valence-electron chi connectivity index (χ4n) is 7.99. The second-order valence-corrected chi connectivity index (χ2v) is 12.5. The van der Waals surface area contributed by atoms with Crippen LogP contribution in [-0.4, -0.2) is 23.1 Å². The first kappa shape index (κ1) is 25.6. The smallest absolute Gasteiger partial charge is 0.220 e. The molecule has 48 heavy (non-hydrogen) atoms. The summed E-state index contributed by atoms with van der Waals surface area (Å²) >= 11 is 0. The van der Waals surface area contributed by atoms with E-state index in [1.807, 2.05) is 0 Å². The molecule has 0 aliphatic rings. The van der Waals surface area contributed by atoms with Crippen LogP contribution in [0.15, 0.2) is 164 Å². The van der Waals surface area contributed by atoms with E-state index in [1.54, 1.807) is 0 Å². The lowest BCUT2D eigenvalue weighted by Crippen LogP contribution is -1.99. The van der Waals surface area contributed by atoms with Gasteiger partial charge in [0.05, 0.1) is 38.6 Å². The molecule has 0 aliphatic heterocycles. The first-order valence-corrected chi connectivity index (χ1v) is 16.3. The number of rotatable bonds is 3. The van der Waals surface area contributed by atoms with Crippen molar-refractivity contribution in [3.8, 4) is 17.1 Å². The number of fused-ring (bicyclic) bond motifs is 12. The molecule has 0 amide bonds. The second-order valence-electron chi connectivity index (χ2n) is 12.5. The minimum atomic E-state index is 0.903. The molecule has 0 spiro atoms. The summed E-state index contributed by atoms with van der Waals surface area (Å²) in [5, 5.41) is 4.92. The molecule has 0 radical (unpaired) electrons. The second kappa shape index (κ2) is 9.47. The Bertz CT molecular complexity index is 3010. The largest absolute Gasteiger partial charge is 0.309 e. The summed E-state index contributed by atoms with van der Waals surface area (Å²) in [7, 11) is 0. The summed E-state index contributed by atoms with van der Waals surface area (Å²) in [6.07, 6.45) is 0. The zero-order valence-corrected chi connectivity index (χ0v) is 25.8. The Balaban J connectivity index is 1.25. The third-order valence-electron chi connectivity index (χ3n) is 9.95. The van der Waals surface area contributed by atoms with E-state index < -0.39 is 0 Å². The van der Waals surface area contributed by atoms with E-state index in [9.17, 15) is 0 Å². The first-order chi connectivity index (χ1) is 23.8. The maximum Gasteiger partial charge on any atom is 0.220 e. The summed E-state index contributed by atoms with van der Waals surface area (Å²) in [5.41, 5.74) is 12.3. The van der Waals surface area contributed by atoms with E-state index in [2.05, 4.69) is 182 Å². The van der Waals surface area contributed by atoms with Crippen molar-refractivity contribution in [2.45, 2.75) is 0 Å². The molecule has 11 rings (SSSR count). The van der Waals surface area contributed by atoms with Crippen molar-refractivity contribution in [3.63, 3.8) is 0 Å². The summed E-state index contributed by atoms with van der Waals surface area (Å²) < 4.78 is 9.38. The molecule has 11 aromatic rings. The molecule has 0 saturated heterocycles. The van der Waals surface area contributed by atoms with Crippen LogP contribution in [0.5, 0.6) is 0 Å². The van der Waals surface area contributed by atoms with Gasteiger partial charge in [-0.15, -0.1) is 0 Å². The number of benzene rings is 7. The molecule has 5 nitrogen and oxygen atoms in total. The number of nitrogens with zero attached hydrogens (tertiary/aromatic N) is 5.